The summed E-state index contributed by atoms with van der Waals surface area (Å²) < 4.78 is 10.4. The van der Waals surface area contributed by atoms with Crippen LogP contribution in [0.15, 0.2) is 9.52 Å². The molecular formula is C20H32N6O3S. The van der Waals surface area contributed by atoms with Crippen LogP contribution in [0.25, 0.3) is 0 Å². The molecule has 2 rings (SSSR count). The lowest BCUT2D eigenvalue weighted by molar-refractivity contribution is 0.0531. The van der Waals surface area contributed by atoms with Gasteiger partial charge < -0.3 is 19.9 Å². The Kier molecular flexibility index (Phi) is 9.22. The standard InChI is InChI=1S/C20H32N6O3S/c1-7-21-20(22-11-9-10-15-25-17(12(3)4)26-29-15)24-14(6)18-23-13(5)16(30-18)19(27)28-8-2/h12,14H,7-11H2,1-6H3,(H2,21,22,24). The van der Waals surface area contributed by atoms with Crippen molar-refractivity contribution in [3.05, 3.63) is 27.3 Å². The first-order valence-electron chi connectivity index (χ1n) is 10.4. The Hall–Kier alpha value is -2.49. The zero-order valence-corrected chi connectivity index (χ0v) is 19.4. The van der Waals surface area contributed by atoms with Crippen molar-refractivity contribution in [3.63, 3.8) is 0 Å². The zero-order chi connectivity index (χ0) is 22.1. The molecule has 0 bridgehead atoms. The normalized spacial score (nSPS) is 12.8. The minimum atomic E-state index is -0.326. The second-order valence-electron chi connectivity index (χ2n) is 7.12. The number of rotatable bonds is 10. The van der Waals surface area contributed by atoms with Crippen LogP contribution < -0.4 is 10.6 Å². The maximum Gasteiger partial charge on any atom is 0.350 e. The first-order valence-corrected chi connectivity index (χ1v) is 11.2. The van der Waals surface area contributed by atoms with Crippen molar-refractivity contribution in [2.45, 2.75) is 66.3 Å². The summed E-state index contributed by atoms with van der Waals surface area (Å²) in [7, 11) is 0. The van der Waals surface area contributed by atoms with E-state index in [9.17, 15) is 4.79 Å². The lowest BCUT2D eigenvalue weighted by atomic mass is 10.2. The number of nitrogens with zero attached hydrogens (tertiary/aromatic N) is 4. The summed E-state index contributed by atoms with van der Waals surface area (Å²) >= 11 is 1.35. The molecule has 0 radical (unpaired) electrons. The van der Waals surface area contributed by atoms with E-state index in [0.29, 0.717) is 42.0 Å². The highest BCUT2D eigenvalue weighted by Crippen LogP contribution is 2.24. The SMILES string of the molecule is CCNC(=NCCCc1nc(C(C)C)no1)NC(C)c1nc(C)c(C(=O)OCC)s1. The Morgan fingerprint density at radius 1 is 1.27 bits per heavy atom. The van der Waals surface area contributed by atoms with Gasteiger partial charge in [0.2, 0.25) is 5.89 Å². The fourth-order valence-electron chi connectivity index (χ4n) is 2.60. The average molecular weight is 437 g/mol. The summed E-state index contributed by atoms with van der Waals surface area (Å²) in [4.78, 5) is 26.1. The average Bonchev–Trinajstić information content (AvgIpc) is 3.32. The summed E-state index contributed by atoms with van der Waals surface area (Å²) in [5.41, 5.74) is 0.685. The Bertz CT molecular complexity index is 845. The number of carbonyl (C=O) groups excluding carboxylic acids is 1. The van der Waals surface area contributed by atoms with E-state index in [1.54, 1.807) is 6.92 Å². The van der Waals surface area contributed by atoms with Gasteiger partial charge in [-0.15, -0.1) is 11.3 Å². The number of aryl methyl sites for hydroxylation is 2. The van der Waals surface area contributed by atoms with E-state index in [-0.39, 0.29) is 17.9 Å². The lowest BCUT2D eigenvalue weighted by Crippen LogP contribution is -2.38. The Balaban J connectivity index is 1.93. The van der Waals surface area contributed by atoms with E-state index < -0.39 is 0 Å². The fraction of sp³-hybridized carbons (Fsp3) is 0.650. The van der Waals surface area contributed by atoms with Crippen molar-refractivity contribution in [1.82, 2.24) is 25.8 Å². The van der Waals surface area contributed by atoms with Crippen molar-refractivity contribution < 1.29 is 14.1 Å². The maximum atomic E-state index is 12.0. The van der Waals surface area contributed by atoms with Crippen molar-refractivity contribution in [2.75, 3.05) is 19.7 Å². The minimum absolute atomic E-state index is 0.0979. The van der Waals surface area contributed by atoms with Gasteiger partial charge in [0.05, 0.1) is 18.3 Å². The maximum absolute atomic E-state index is 12.0. The molecule has 0 aliphatic rings. The predicted octanol–water partition coefficient (Wildman–Crippen LogP) is 3.38. The van der Waals surface area contributed by atoms with Gasteiger partial charge in [0.1, 0.15) is 9.88 Å². The van der Waals surface area contributed by atoms with Gasteiger partial charge in [-0.25, -0.2) is 9.78 Å². The van der Waals surface area contributed by atoms with E-state index in [1.165, 1.54) is 11.3 Å². The van der Waals surface area contributed by atoms with Crippen molar-refractivity contribution in [2.24, 2.45) is 4.99 Å². The second kappa shape index (κ2) is 11.6. The number of aromatic nitrogens is 3. The Morgan fingerprint density at radius 3 is 2.67 bits per heavy atom. The molecule has 2 N–H and O–H groups in total. The molecule has 2 heterocycles. The van der Waals surface area contributed by atoms with E-state index in [1.807, 2.05) is 34.6 Å². The molecule has 0 saturated carbocycles. The summed E-state index contributed by atoms with van der Waals surface area (Å²) in [5.74, 6) is 2.01. The highest BCUT2D eigenvalue weighted by atomic mass is 32.1. The van der Waals surface area contributed by atoms with Crippen LogP contribution >= 0.6 is 11.3 Å². The Labute approximate surface area is 181 Å². The molecule has 0 spiro atoms. The van der Waals surface area contributed by atoms with Gasteiger partial charge in [-0.1, -0.05) is 19.0 Å². The van der Waals surface area contributed by atoms with E-state index in [0.717, 1.165) is 23.8 Å². The van der Waals surface area contributed by atoms with Gasteiger partial charge in [-0.2, -0.15) is 4.98 Å². The minimum Gasteiger partial charge on any atom is -0.462 e. The van der Waals surface area contributed by atoms with Crippen molar-refractivity contribution >= 4 is 23.3 Å². The number of aliphatic imine (C=N–C) groups is 1. The van der Waals surface area contributed by atoms with E-state index in [2.05, 4.69) is 30.8 Å². The third kappa shape index (κ3) is 6.79. The van der Waals surface area contributed by atoms with Gasteiger partial charge >= 0.3 is 5.97 Å². The molecule has 2 aromatic rings. The molecule has 0 aliphatic carbocycles. The molecule has 0 saturated heterocycles. The Morgan fingerprint density at radius 2 is 2.03 bits per heavy atom. The third-order valence-electron chi connectivity index (χ3n) is 4.16. The van der Waals surface area contributed by atoms with Crippen LogP contribution in [-0.4, -0.2) is 46.7 Å². The highest BCUT2D eigenvalue weighted by Gasteiger charge is 2.20. The summed E-state index contributed by atoms with van der Waals surface area (Å²) in [6.07, 6.45) is 1.49. The van der Waals surface area contributed by atoms with Crippen LogP contribution in [0, 0.1) is 6.92 Å². The fourth-order valence-corrected chi connectivity index (χ4v) is 3.56. The van der Waals surface area contributed by atoms with Gasteiger partial charge in [0.15, 0.2) is 11.8 Å². The highest BCUT2D eigenvalue weighted by molar-refractivity contribution is 7.13. The lowest BCUT2D eigenvalue weighted by Gasteiger charge is -2.15. The van der Waals surface area contributed by atoms with Gasteiger partial charge in [0, 0.05) is 25.4 Å². The number of guanidine groups is 1. The molecule has 9 nitrogen and oxygen atoms in total. The molecule has 0 fully saturated rings. The predicted molar refractivity (Wildman–Crippen MR) is 117 cm³/mol. The molecule has 10 heteroatoms. The number of ether oxygens (including phenoxy) is 1. The van der Waals surface area contributed by atoms with Crippen LogP contribution in [-0.2, 0) is 11.2 Å². The van der Waals surface area contributed by atoms with Crippen LogP contribution in [0.2, 0.25) is 0 Å². The molecule has 0 aromatic carbocycles. The molecule has 2 aromatic heterocycles. The number of hydrogen-bond donors (Lipinski definition) is 2. The molecule has 0 amide bonds. The van der Waals surface area contributed by atoms with Gasteiger partial charge in [0.25, 0.3) is 0 Å². The number of hydrogen-bond acceptors (Lipinski definition) is 8. The molecular weight excluding hydrogens is 404 g/mol. The molecule has 30 heavy (non-hydrogen) atoms. The largest absolute Gasteiger partial charge is 0.462 e. The van der Waals surface area contributed by atoms with E-state index >= 15 is 0 Å². The molecule has 166 valence electrons. The topological polar surface area (TPSA) is 115 Å². The second-order valence-corrected chi connectivity index (χ2v) is 8.15. The first kappa shape index (κ1) is 23.8. The van der Waals surface area contributed by atoms with Crippen LogP contribution in [0.5, 0.6) is 0 Å². The monoisotopic (exact) mass is 436 g/mol. The first-order chi connectivity index (χ1) is 14.3. The van der Waals surface area contributed by atoms with Crippen molar-refractivity contribution in [1.29, 1.82) is 0 Å². The molecule has 1 unspecified atom stereocenters. The molecule has 0 aliphatic heterocycles. The van der Waals surface area contributed by atoms with Crippen LogP contribution in [0.1, 0.15) is 85.1 Å². The van der Waals surface area contributed by atoms with Crippen LogP contribution in [0.3, 0.4) is 0 Å². The quantitative estimate of drug-likeness (QED) is 0.252. The third-order valence-corrected chi connectivity index (χ3v) is 5.48. The van der Waals surface area contributed by atoms with Crippen molar-refractivity contribution in [3.8, 4) is 0 Å². The smallest absolute Gasteiger partial charge is 0.350 e. The number of carbonyl (C=O) groups is 1. The summed E-state index contributed by atoms with van der Waals surface area (Å²) in [5, 5.41) is 11.4. The van der Waals surface area contributed by atoms with Gasteiger partial charge in [-0.05, 0) is 34.1 Å². The zero-order valence-electron chi connectivity index (χ0n) is 18.6. The van der Waals surface area contributed by atoms with Crippen LogP contribution in [0.4, 0.5) is 0 Å². The summed E-state index contributed by atoms with van der Waals surface area (Å²) in [6, 6.07) is -0.0979. The number of nitrogens with one attached hydrogen (secondary N) is 2. The number of thiazole rings is 1. The summed E-state index contributed by atoms with van der Waals surface area (Å²) in [6.45, 7) is 13.4. The number of esters is 1. The molecule has 1 atom stereocenters. The van der Waals surface area contributed by atoms with Gasteiger partial charge in [-0.3, -0.25) is 4.99 Å². The van der Waals surface area contributed by atoms with E-state index in [4.69, 9.17) is 9.26 Å².